The van der Waals surface area contributed by atoms with Gasteiger partial charge in [-0.25, -0.2) is 4.39 Å². The highest BCUT2D eigenvalue weighted by Crippen LogP contribution is 2.28. The Morgan fingerprint density at radius 3 is 2.67 bits per heavy atom. The molecule has 2 aromatic carbocycles. The van der Waals surface area contributed by atoms with Gasteiger partial charge in [-0.2, -0.15) is 0 Å². The Morgan fingerprint density at radius 1 is 0.944 bits per heavy atom. The number of ether oxygens (including phenoxy) is 1. The van der Waals surface area contributed by atoms with Gasteiger partial charge in [0.1, 0.15) is 17.1 Å². The van der Waals surface area contributed by atoms with Gasteiger partial charge in [0, 0.05) is 17.6 Å². The highest BCUT2D eigenvalue weighted by molar-refractivity contribution is 5.84. The molecule has 0 amide bonds. The van der Waals surface area contributed by atoms with Crippen LogP contribution in [0.25, 0.3) is 10.9 Å². The van der Waals surface area contributed by atoms with Crippen molar-refractivity contribution in [3.05, 3.63) is 66.6 Å². The second kappa shape index (κ2) is 4.45. The van der Waals surface area contributed by atoms with Crippen LogP contribution in [0.1, 0.15) is 0 Å². The van der Waals surface area contributed by atoms with Crippen LogP contribution in [0.15, 0.2) is 60.8 Å². The third-order valence-electron chi connectivity index (χ3n) is 2.62. The summed E-state index contributed by atoms with van der Waals surface area (Å²) in [7, 11) is 0. The Hall–Kier alpha value is -2.42. The van der Waals surface area contributed by atoms with Gasteiger partial charge >= 0.3 is 0 Å². The van der Waals surface area contributed by atoms with Crippen molar-refractivity contribution < 1.29 is 9.13 Å². The lowest BCUT2D eigenvalue weighted by Crippen LogP contribution is -1.88. The Balaban J connectivity index is 2.05. The summed E-state index contributed by atoms with van der Waals surface area (Å²) in [4.78, 5) is 4.28. The Morgan fingerprint density at radius 2 is 1.78 bits per heavy atom. The molecule has 3 aromatic rings. The van der Waals surface area contributed by atoms with E-state index in [2.05, 4.69) is 4.98 Å². The van der Waals surface area contributed by atoms with Crippen molar-refractivity contribution in [3.8, 4) is 11.5 Å². The minimum absolute atomic E-state index is 0.319. The zero-order chi connectivity index (χ0) is 12.4. The van der Waals surface area contributed by atoms with Crippen molar-refractivity contribution in [1.82, 2.24) is 4.98 Å². The van der Waals surface area contributed by atoms with Gasteiger partial charge in [0.15, 0.2) is 5.75 Å². The molecular formula is C15H10FNO. The molecule has 0 spiro atoms. The number of fused-ring (bicyclic) bond motifs is 1. The summed E-state index contributed by atoms with van der Waals surface area (Å²) in [5.41, 5.74) is 0.768. The number of para-hydroxylation sites is 1. The van der Waals surface area contributed by atoms with E-state index in [0.717, 1.165) is 10.9 Å². The fourth-order valence-corrected chi connectivity index (χ4v) is 1.82. The van der Waals surface area contributed by atoms with E-state index in [1.54, 1.807) is 18.3 Å². The second-order valence-corrected chi connectivity index (χ2v) is 3.89. The standard InChI is InChI=1S/C15H10FNO/c16-12-6-2-7-13(10-12)18-14-8-1-4-11-5-3-9-17-15(11)14/h1-10H. The summed E-state index contributed by atoms with van der Waals surface area (Å²) < 4.78 is 18.8. The van der Waals surface area contributed by atoms with Crippen LogP contribution >= 0.6 is 0 Å². The number of nitrogens with zero attached hydrogens (tertiary/aromatic N) is 1. The van der Waals surface area contributed by atoms with Gasteiger partial charge in [0.2, 0.25) is 0 Å². The molecular weight excluding hydrogens is 229 g/mol. The lowest BCUT2D eigenvalue weighted by atomic mass is 10.2. The maximum absolute atomic E-state index is 13.1. The average molecular weight is 239 g/mol. The highest BCUT2D eigenvalue weighted by Gasteiger charge is 2.04. The third kappa shape index (κ3) is 2.02. The van der Waals surface area contributed by atoms with Crippen LogP contribution in [0, 0.1) is 5.82 Å². The lowest BCUT2D eigenvalue weighted by Gasteiger charge is -2.07. The molecule has 0 radical (unpaired) electrons. The minimum atomic E-state index is -0.319. The van der Waals surface area contributed by atoms with E-state index in [1.165, 1.54) is 12.1 Å². The number of hydrogen-bond donors (Lipinski definition) is 0. The maximum Gasteiger partial charge on any atom is 0.153 e. The third-order valence-corrected chi connectivity index (χ3v) is 2.62. The van der Waals surface area contributed by atoms with E-state index >= 15 is 0 Å². The van der Waals surface area contributed by atoms with Gasteiger partial charge < -0.3 is 4.74 Å². The van der Waals surface area contributed by atoms with Crippen LogP contribution in [0.4, 0.5) is 4.39 Å². The van der Waals surface area contributed by atoms with Crippen molar-refractivity contribution in [3.63, 3.8) is 0 Å². The number of hydrogen-bond acceptors (Lipinski definition) is 2. The van der Waals surface area contributed by atoms with Crippen LogP contribution in [0.2, 0.25) is 0 Å². The summed E-state index contributed by atoms with van der Waals surface area (Å²) in [6.07, 6.45) is 1.71. The van der Waals surface area contributed by atoms with Crippen molar-refractivity contribution in [2.45, 2.75) is 0 Å². The molecule has 0 fully saturated rings. The molecule has 1 aromatic heterocycles. The van der Waals surface area contributed by atoms with Gasteiger partial charge in [-0.15, -0.1) is 0 Å². The average Bonchev–Trinajstić information content (AvgIpc) is 2.39. The van der Waals surface area contributed by atoms with Crippen molar-refractivity contribution in [1.29, 1.82) is 0 Å². The number of pyridine rings is 1. The van der Waals surface area contributed by atoms with Crippen LogP contribution in [-0.2, 0) is 0 Å². The molecule has 0 aliphatic carbocycles. The van der Waals surface area contributed by atoms with Gasteiger partial charge in [-0.3, -0.25) is 4.98 Å². The maximum atomic E-state index is 13.1. The molecule has 3 heteroatoms. The molecule has 1 heterocycles. The normalized spacial score (nSPS) is 10.5. The van der Waals surface area contributed by atoms with Crippen molar-refractivity contribution in [2.24, 2.45) is 0 Å². The number of halogens is 1. The van der Waals surface area contributed by atoms with E-state index in [4.69, 9.17) is 4.74 Å². The summed E-state index contributed by atoms with van der Waals surface area (Å²) in [6.45, 7) is 0. The zero-order valence-corrected chi connectivity index (χ0v) is 9.51. The Kier molecular flexibility index (Phi) is 2.65. The predicted octanol–water partition coefficient (Wildman–Crippen LogP) is 4.17. The topological polar surface area (TPSA) is 22.1 Å². The van der Waals surface area contributed by atoms with E-state index in [0.29, 0.717) is 11.5 Å². The SMILES string of the molecule is Fc1cccc(Oc2cccc3cccnc23)c1. The fourth-order valence-electron chi connectivity index (χ4n) is 1.82. The number of benzene rings is 2. The quantitative estimate of drug-likeness (QED) is 0.669. The number of rotatable bonds is 2. The van der Waals surface area contributed by atoms with Crippen LogP contribution in [-0.4, -0.2) is 4.98 Å². The van der Waals surface area contributed by atoms with Crippen molar-refractivity contribution in [2.75, 3.05) is 0 Å². The summed E-state index contributed by atoms with van der Waals surface area (Å²) in [6, 6.07) is 15.6. The number of aromatic nitrogens is 1. The first-order valence-electron chi connectivity index (χ1n) is 5.60. The molecule has 0 atom stereocenters. The van der Waals surface area contributed by atoms with E-state index in [1.807, 2.05) is 30.3 Å². The van der Waals surface area contributed by atoms with Gasteiger partial charge in [0.05, 0.1) is 0 Å². The first kappa shape index (κ1) is 10.7. The van der Waals surface area contributed by atoms with Gasteiger partial charge in [0.25, 0.3) is 0 Å². The predicted molar refractivity (Wildman–Crippen MR) is 68.2 cm³/mol. The molecule has 0 saturated carbocycles. The van der Waals surface area contributed by atoms with Crippen LogP contribution < -0.4 is 4.74 Å². The molecule has 0 N–H and O–H groups in total. The van der Waals surface area contributed by atoms with Gasteiger partial charge in [-0.1, -0.05) is 24.3 Å². The van der Waals surface area contributed by atoms with E-state index < -0.39 is 0 Å². The van der Waals surface area contributed by atoms with E-state index in [9.17, 15) is 4.39 Å². The van der Waals surface area contributed by atoms with E-state index in [-0.39, 0.29) is 5.82 Å². The summed E-state index contributed by atoms with van der Waals surface area (Å²) in [5.74, 6) is 0.771. The van der Waals surface area contributed by atoms with Crippen molar-refractivity contribution >= 4 is 10.9 Å². The molecule has 0 aliphatic rings. The molecule has 0 unspecified atom stereocenters. The molecule has 88 valence electrons. The monoisotopic (exact) mass is 239 g/mol. The fraction of sp³-hybridized carbons (Fsp3) is 0. The molecule has 3 rings (SSSR count). The molecule has 18 heavy (non-hydrogen) atoms. The highest BCUT2D eigenvalue weighted by atomic mass is 19.1. The molecule has 2 nitrogen and oxygen atoms in total. The molecule has 0 bridgehead atoms. The summed E-state index contributed by atoms with van der Waals surface area (Å²) >= 11 is 0. The largest absolute Gasteiger partial charge is 0.455 e. The van der Waals surface area contributed by atoms with Crippen LogP contribution in [0.3, 0.4) is 0 Å². The Labute approximate surface area is 104 Å². The Bertz CT molecular complexity index is 691. The lowest BCUT2D eigenvalue weighted by molar-refractivity contribution is 0.481. The first-order chi connectivity index (χ1) is 8.83. The molecule has 0 aliphatic heterocycles. The smallest absolute Gasteiger partial charge is 0.153 e. The zero-order valence-electron chi connectivity index (χ0n) is 9.51. The summed E-state index contributed by atoms with van der Waals surface area (Å²) in [5, 5.41) is 0.992. The van der Waals surface area contributed by atoms with Gasteiger partial charge in [-0.05, 0) is 24.3 Å². The first-order valence-corrected chi connectivity index (χ1v) is 5.60. The van der Waals surface area contributed by atoms with Crippen LogP contribution in [0.5, 0.6) is 11.5 Å². The molecule has 0 saturated heterocycles. The second-order valence-electron chi connectivity index (χ2n) is 3.89. The minimum Gasteiger partial charge on any atom is -0.455 e.